The number of ether oxygens (including phenoxy) is 1. The molecule has 0 amide bonds. The summed E-state index contributed by atoms with van der Waals surface area (Å²) in [6, 6.07) is 8.70. The van der Waals surface area contributed by atoms with Crippen LogP contribution in [0.2, 0.25) is 0 Å². The normalized spacial score (nSPS) is 9.90. The summed E-state index contributed by atoms with van der Waals surface area (Å²) >= 11 is 0. The van der Waals surface area contributed by atoms with Crippen molar-refractivity contribution < 1.29 is 18.6 Å². The molecule has 0 aliphatic heterocycles. The van der Waals surface area contributed by atoms with Crippen LogP contribution in [0.1, 0.15) is 16.7 Å². The second-order valence-electron chi connectivity index (χ2n) is 4.46. The topological polar surface area (TPSA) is 29.5 Å². The van der Waals surface area contributed by atoms with Gasteiger partial charge < -0.3 is 9.84 Å². The summed E-state index contributed by atoms with van der Waals surface area (Å²) in [5, 5.41) is 8.65. The highest BCUT2D eigenvalue weighted by atomic mass is 19.1. The Hall–Kier alpha value is -2.38. The van der Waals surface area contributed by atoms with Crippen molar-refractivity contribution in [1.29, 1.82) is 0 Å². The molecule has 0 bridgehead atoms. The summed E-state index contributed by atoms with van der Waals surface area (Å²) in [6.07, 6.45) is 0. The van der Waals surface area contributed by atoms with E-state index in [-0.39, 0.29) is 13.2 Å². The molecule has 0 saturated carbocycles. The second-order valence-corrected chi connectivity index (χ2v) is 4.46. The molecule has 2 rings (SSSR count). The molecular formula is C17H14F2O2. The molecule has 1 N–H and O–H groups in total. The molecule has 0 fully saturated rings. The third kappa shape index (κ3) is 4.04. The Balaban J connectivity index is 2.09. The first kappa shape index (κ1) is 15.0. The third-order valence-electron chi connectivity index (χ3n) is 2.89. The Kier molecular flexibility index (Phi) is 4.91. The molecule has 0 atom stereocenters. The largest absolute Gasteiger partial charge is 0.489 e. The molecule has 0 spiro atoms. The van der Waals surface area contributed by atoms with Crippen molar-refractivity contribution in [3.63, 3.8) is 0 Å². The van der Waals surface area contributed by atoms with Gasteiger partial charge >= 0.3 is 0 Å². The van der Waals surface area contributed by atoms with E-state index in [0.717, 1.165) is 17.2 Å². The van der Waals surface area contributed by atoms with Crippen LogP contribution in [0.25, 0.3) is 0 Å². The van der Waals surface area contributed by atoms with E-state index in [9.17, 15) is 8.78 Å². The molecule has 4 heteroatoms. The van der Waals surface area contributed by atoms with E-state index in [2.05, 4.69) is 11.8 Å². The van der Waals surface area contributed by atoms with Crippen LogP contribution in [-0.2, 0) is 6.61 Å². The molecule has 0 radical (unpaired) electrons. The first-order chi connectivity index (χ1) is 10.1. The van der Waals surface area contributed by atoms with Crippen molar-refractivity contribution in [3.8, 4) is 17.6 Å². The number of aliphatic hydroxyl groups excluding tert-OH is 1. The first-order valence-corrected chi connectivity index (χ1v) is 6.37. The lowest BCUT2D eigenvalue weighted by molar-refractivity contribution is 0.297. The summed E-state index contributed by atoms with van der Waals surface area (Å²) in [5.41, 5.74) is 1.91. The highest BCUT2D eigenvalue weighted by Gasteiger charge is 2.06. The zero-order valence-corrected chi connectivity index (χ0v) is 11.5. The molecule has 0 aliphatic carbocycles. The van der Waals surface area contributed by atoms with Crippen molar-refractivity contribution in [2.45, 2.75) is 13.5 Å². The number of aryl methyl sites for hydroxylation is 1. The standard InChI is InChI=1S/C17H14F2O2/c1-12-9-13(3-2-8-20)4-7-17(12)21-11-14-5-6-15(18)10-16(14)19/h4-7,9-10,20H,8,11H2,1H3. The zero-order chi connectivity index (χ0) is 15.2. The van der Waals surface area contributed by atoms with Gasteiger partial charge in [0.15, 0.2) is 0 Å². The van der Waals surface area contributed by atoms with Gasteiger partial charge in [-0.05, 0) is 42.8 Å². The van der Waals surface area contributed by atoms with Gasteiger partial charge in [0.2, 0.25) is 0 Å². The maximum absolute atomic E-state index is 13.5. The molecule has 2 aromatic carbocycles. The molecule has 0 aromatic heterocycles. The second kappa shape index (κ2) is 6.87. The first-order valence-electron chi connectivity index (χ1n) is 6.37. The fraction of sp³-hybridized carbons (Fsp3) is 0.176. The lowest BCUT2D eigenvalue weighted by Crippen LogP contribution is -2.00. The van der Waals surface area contributed by atoms with Crippen LogP contribution in [0.4, 0.5) is 8.78 Å². The van der Waals surface area contributed by atoms with Gasteiger partial charge in [-0.3, -0.25) is 0 Å². The van der Waals surface area contributed by atoms with E-state index in [1.807, 2.05) is 13.0 Å². The Morgan fingerprint density at radius 3 is 2.62 bits per heavy atom. The molecule has 0 heterocycles. The molecule has 0 saturated heterocycles. The number of rotatable bonds is 3. The smallest absolute Gasteiger partial charge is 0.132 e. The Morgan fingerprint density at radius 1 is 1.14 bits per heavy atom. The molecular weight excluding hydrogens is 274 g/mol. The summed E-state index contributed by atoms with van der Waals surface area (Å²) in [5.74, 6) is 4.72. The molecule has 0 aliphatic rings. The SMILES string of the molecule is Cc1cc(C#CCO)ccc1OCc1ccc(F)cc1F. The molecule has 2 nitrogen and oxygen atoms in total. The number of hydrogen-bond donors (Lipinski definition) is 1. The summed E-state index contributed by atoms with van der Waals surface area (Å²) in [7, 11) is 0. The number of benzene rings is 2. The average molecular weight is 288 g/mol. The van der Waals surface area contributed by atoms with Gasteiger partial charge in [0, 0.05) is 17.2 Å². The van der Waals surface area contributed by atoms with Crippen LogP contribution in [0.5, 0.6) is 5.75 Å². The lowest BCUT2D eigenvalue weighted by Gasteiger charge is -2.10. The van der Waals surface area contributed by atoms with Crippen molar-refractivity contribution in [2.24, 2.45) is 0 Å². The van der Waals surface area contributed by atoms with Gasteiger partial charge in [0.05, 0.1) is 0 Å². The summed E-state index contributed by atoms with van der Waals surface area (Å²) in [6.45, 7) is 1.68. The minimum atomic E-state index is -0.627. The monoisotopic (exact) mass is 288 g/mol. The van der Waals surface area contributed by atoms with E-state index in [1.54, 1.807) is 12.1 Å². The van der Waals surface area contributed by atoms with Crippen LogP contribution in [0.15, 0.2) is 36.4 Å². The van der Waals surface area contributed by atoms with Gasteiger partial charge in [-0.25, -0.2) is 8.78 Å². The maximum Gasteiger partial charge on any atom is 0.132 e. The highest BCUT2D eigenvalue weighted by molar-refractivity contribution is 5.43. The Morgan fingerprint density at radius 2 is 1.95 bits per heavy atom. The minimum absolute atomic E-state index is 0.0224. The van der Waals surface area contributed by atoms with Crippen molar-refractivity contribution >= 4 is 0 Å². The summed E-state index contributed by atoms with van der Waals surface area (Å²) < 4.78 is 31.8. The molecule has 108 valence electrons. The van der Waals surface area contributed by atoms with Crippen LogP contribution in [0, 0.1) is 30.4 Å². The van der Waals surface area contributed by atoms with Crippen molar-refractivity contribution in [3.05, 3.63) is 64.7 Å². The van der Waals surface area contributed by atoms with Gasteiger partial charge in [-0.1, -0.05) is 11.8 Å². The van der Waals surface area contributed by atoms with Gasteiger partial charge in [-0.15, -0.1) is 0 Å². The predicted molar refractivity (Wildman–Crippen MR) is 75.8 cm³/mol. The number of aliphatic hydroxyl groups is 1. The van der Waals surface area contributed by atoms with E-state index in [4.69, 9.17) is 9.84 Å². The number of halogens is 2. The van der Waals surface area contributed by atoms with E-state index in [1.165, 1.54) is 12.1 Å². The van der Waals surface area contributed by atoms with Crippen LogP contribution in [-0.4, -0.2) is 11.7 Å². The van der Waals surface area contributed by atoms with E-state index in [0.29, 0.717) is 11.3 Å². The van der Waals surface area contributed by atoms with Crippen LogP contribution < -0.4 is 4.74 Å². The van der Waals surface area contributed by atoms with Gasteiger partial charge in [-0.2, -0.15) is 0 Å². The predicted octanol–water partition coefficient (Wildman–Crippen LogP) is 3.20. The lowest BCUT2D eigenvalue weighted by atomic mass is 10.1. The fourth-order valence-electron chi connectivity index (χ4n) is 1.82. The molecule has 2 aromatic rings. The third-order valence-corrected chi connectivity index (χ3v) is 2.89. The van der Waals surface area contributed by atoms with Crippen LogP contribution in [0.3, 0.4) is 0 Å². The fourth-order valence-corrected chi connectivity index (χ4v) is 1.82. The molecule has 21 heavy (non-hydrogen) atoms. The van der Waals surface area contributed by atoms with Gasteiger partial charge in [0.25, 0.3) is 0 Å². The Bertz CT molecular complexity index is 700. The maximum atomic E-state index is 13.5. The van der Waals surface area contributed by atoms with Crippen molar-refractivity contribution in [2.75, 3.05) is 6.61 Å². The molecule has 0 unspecified atom stereocenters. The zero-order valence-electron chi connectivity index (χ0n) is 11.5. The van der Waals surface area contributed by atoms with E-state index < -0.39 is 11.6 Å². The Labute approximate surface area is 122 Å². The number of hydrogen-bond acceptors (Lipinski definition) is 2. The van der Waals surface area contributed by atoms with Crippen LogP contribution >= 0.6 is 0 Å². The highest BCUT2D eigenvalue weighted by Crippen LogP contribution is 2.21. The van der Waals surface area contributed by atoms with E-state index >= 15 is 0 Å². The average Bonchev–Trinajstić information content (AvgIpc) is 2.45. The van der Waals surface area contributed by atoms with Crippen molar-refractivity contribution in [1.82, 2.24) is 0 Å². The quantitative estimate of drug-likeness (QED) is 0.879. The minimum Gasteiger partial charge on any atom is -0.489 e. The summed E-state index contributed by atoms with van der Waals surface area (Å²) in [4.78, 5) is 0. The van der Waals surface area contributed by atoms with Gasteiger partial charge in [0.1, 0.15) is 30.6 Å².